The minimum absolute atomic E-state index is 0.115. The quantitative estimate of drug-likeness (QED) is 0.733. The molecule has 1 aromatic heterocycles. The van der Waals surface area contributed by atoms with Crippen molar-refractivity contribution in [2.24, 2.45) is 0 Å². The maximum absolute atomic E-state index is 11.8. The molecule has 0 saturated carbocycles. The number of likely N-dealkylation sites (tertiary alicyclic amines) is 1. The molecule has 1 aliphatic rings. The van der Waals surface area contributed by atoms with Gasteiger partial charge in [0.1, 0.15) is 11.5 Å². The van der Waals surface area contributed by atoms with Crippen molar-refractivity contribution < 1.29 is 4.79 Å². The normalized spacial score (nSPS) is 16.2. The summed E-state index contributed by atoms with van der Waals surface area (Å²) in [4.78, 5) is 13.9. The molecular formula is C11H18N4O. The van der Waals surface area contributed by atoms with Gasteiger partial charge in [0.25, 0.3) is 0 Å². The van der Waals surface area contributed by atoms with E-state index in [1.807, 2.05) is 13.8 Å². The molecule has 88 valence electrons. The van der Waals surface area contributed by atoms with Crippen molar-refractivity contribution >= 4 is 11.6 Å². The Kier molecular flexibility index (Phi) is 3.24. The molecule has 2 rings (SSSR count). The van der Waals surface area contributed by atoms with Crippen molar-refractivity contribution in [3.63, 3.8) is 0 Å². The highest BCUT2D eigenvalue weighted by Crippen LogP contribution is 2.10. The number of rotatable bonds is 5. The van der Waals surface area contributed by atoms with Gasteiger partial charge in [-0.25, -0.2) is 0 Å². The van der Waals surface area contributed by atoms with E-state index in [-0.39, 0.29) is 5.78 Å². The first-order valence-electron chi connectivity index (χ1n) is 5.72. The first-order valence-corrected chi connectivity index (χ1v) is 5.72. The third-order valence-electron chi connectivity index (χ3n) is 2.63. The Bertz CT molecular complexity index is 368. The van der Waals surface area contributed by atoms with Crippen molar-refractivity contribution in [2.75, 3.05) is 25.0 Å². The molecule has 5 nitrogen and oxygen atoms in total. The van der Waals surface area contributed by atoms with Gasteiger partial charge in [-0.1, -0.05) is 0 Å². The second-order valence-electron chi connectivity index (χ2n) is 4.52. The Morgan fingerprint density at radius 2 is 2.38 bits per heavy atom. The lowest BCUT2D eigenvalue weighted by Gasteiger charge is -2.29. The fourth-order valence-corrected chi connectivity index (χ4v) is 1.66. The lowest BCUT2D eigenvalue weighted by Crippen LogP contribution is -2.40. The van der Waals surface area contributed by atoms with Gasteiger partial charge in [-0.15, -0.1) is 0 Å². The Hall–Kier alpha value is -1.36. The zero-order valence-electron chi connectivity index (χ0n) is 9.79. The largest absolute Gasteiger partial charge is 0.366 e. The molecule has 0 amide bonds. The molecule has 0 aliphatic carbocycles. The molecule has 5 heteroatoms. The SMILES string of the molecule is CC(C)Nc1cc(C(=O)CN2CCC2)[nH]n1. The smallest absolute Gasteiger partial charge is 0.194 e. The molecule has 2 heterocycles. The van der Waals surface area contributed by atoms with Gasteiger partial charge >= 0.3 is 0 Å². The number of nitrogens with one attached hydrogen (secondary N) is 2. The summed E-state index contributed by atoms with van der Waals surface area (Å²) in [7, 11) is 0. The molecule has 0 radical (unpaired) electrons. The summed E-state index contributed by atoms with van der Waals surface area (Å²) in [6, 6.07) is 2.10. The van der Waals surface area contributed by atoms with E-state index >= 15 is 0 Å². The Morgan fingerprint density at radius 3 is 2.94 bits per heavy atom. The van der Waals surface area contributed by atoms with Gasteiger partial charge in [0.05, 0.1) is 6.54 Å². The average Bonchev–Trinajstić information content (AvgIpc) is 2.58. The minimum atomic E-state index is 0.115. The first-order chi connectivity index (χ1) is 7.65. The van der Waals surface area contributed by atoms with Gasteiger partial charge < -0.3 is 5.32 Å². The van der Waals surface area contributed by atoms with Crippen LogP contribution in [0.4, 0.5) is 5.82 Å². The highest BCUT2D eigenvalue weighted by Gasteiger charge is 2.19. The van der Waals surface area contributed by atoms with Crippen LogP contribution in [-0.4, -0.2) is 46.6 Å². The number of Topliss-reactive ketones (excluding diaryl/α,β-unsaturated/α-hetero) is 1. The van der Waals surface area contributed by atoms with Gasteiger partial charge in [0, 0.05) is 12.1 Å². The van der Waals surface area contributed by atoms with Gasteiger partial charge in [-0.2, -0.15) is 5.10 Å². The maximum atomic E-state index is 11.8. The molecular weight excluding hydrogens is 204 g/mol. The minimum Gasteiger partial charge on any atom is -0.366 e. The van der Waals surface area contributed by atoms with Crippen LogP contribution < -0.4 is 5.32 Å². The highest BCUT2D eigenvalue weighted by molar-refractivity contribution is 5.96. The summed E-state index contributed by atoms with van der Waals surface area (Å²) >= 11 is 0. The molecule has 0 atom stereocenters. The molecule has 2 N–H and O–H groups in total. The fraction of sp³-hybridized carbons (Fsp3) is 0.636. The standard InChI is InChI=1S/C11H18N4O/c1-8(2)12-11-6-9(13-14-11)10(16)7-15-4-3-5-15/h6,8H,3-5,7H2,1-2H3,(H2,12,13,14). The molecule has 16 heavy (non-hydrogen) atoms. The Balaban J connectivity index is 1.92. The predicted octanol–water partition coefficient (Wildman–Crippen LogP) is 1.12. The topological polar surface area (TPSA) is 61.0 Å². The fourth-order valence-electron chi connectivity index (χ4n) is 1.66. The third kappa shape index (κ3) is 2.61. The van der Waals surface area contributed by atoms with E-state index in [0.29, 0.717) is 18.3 Å². The number of anilines is 1. The summed E-state index contributed by atoms with van der Waals surface area (Å²) in [6.45, 7) is 6.66. The zero-order chi connectivity index (χ0) is 11.5. The van der Waals surface area contributed by atoms with Crippen LogP contribution in [0.3, 0.4) is 0 Å². The molecule has 1 fully saturated rings. The number of nitrogens with zero attached hydrogens (tertiary/aromatic N) is 2. The van der Waals surface area contributed by atoms with Gasteiger partial charge in [-0.05, 0) is 33.4 Å². The van der Waals surface area contributed by atoms with Crippen molar-refractivity contribution in [1.29, 1.82) is 0 Å². The number of H-pyrrole nitrogens is 1. The average molecular weight is 222 g/mol. The van der Waals surface area contributed by atoms with E-state index in [2.05, 4.69) is 20.4 Å². The molecule has 0 unspecified atom stereocenters. The number of aromatic nitrogens is 2. The van der Waals surface area contributed by atoms with E-state index in [0.717, 1.165) is 18.9 Å². The van der Waals surface area contributed by atoms with Crippen LogP contribution in [0.1, 0.15) is 30.8 Å². The lowest BCUT2D eigenvalue weighted by molar-refractivity contribution is 0.0870. The van der Waals surface area contributed by atoms with Crippen molar-refractivity contribution in [1.82, 2.24) is 15.1 Å². The van der Waals surface area contributed by atoms with E-state index in [9.17, 15) is 4.79 Å². The first kappa shape index (κ1) is 11.1. The van der Waals surface area contributed by atoms with Gasteiger partial charge in [0.2, 0.25) is 0 Å². The third-order valence-corrected chi connectivity index (χ3v) is 2.63. The number of hydrogen-bond donors (Lipinski definition) is 2. The molecule has 1 aliphatic heterocycles. The maximum Gasteiger partial charge on any atom is 0.194 e. The Morgan fingerprint density at radius 1 is 1.62 bits per heavy atom. The zero-order valence-corrected chi connectivity index (χ0v) is 9.79. The number of ketones is 1. The molecule has 1 aromatic rings. The van der Waals surface area contributed by atoms with Gasteiger partial charge in [0.15, 0.2) is 5.78 Å². The van der Waals surface area contributed by atoms with E-state index in [1.54, 1.807) is 6.07 Å². The van der Waals surface area contributed by atoms with E-state index in [1.165, 1.54) is 6.42 Å². The summed E-state index contributed by atoms with van der Waals surface area (Å²) in [6.07, 6.45) is 1.20. The van der Waals surface area contributed by atoms with E-state index in [4.69, 9.17) is 0 Å². The number of carbonyl (C=O) groups excluding carboxylic acids is 1. The molecule has 1 saturated heterocycles. The van der Waals surface area contributed by atoms with Crippen LogP contribution >= 0.6 is 0 Å². The Labute approximate surface area is 95.2 Å². The van der Waals surface area contributed by atoms with Crippen LogP contribution in [-0.2, 0) is 0 Å². The molecule has 0 bridgehead atoms. The monoisotopic (exact) mass is 222 g/mol. The number of hydrogen-bond acceptors (Lipinski definition) is 4. The number of aromatic amines is 1. The second kappa shape index (κ2) is 4.65. The van der Waals surface area contributed by atoms with Crippen LogP contribution in [0, 0.1) is 0 Å². The summed E-state index contributed by atoms with van der Waals surface area (Å²) < 4.78 is 0. The van der Waals surface area contributed by atoms with Crippen LogP contribution in [0.5, 0.6) is 0 Å². The molecule has 0 aromatic carbocycles. The highest BCUT2D eigenvalue weighted by atomic mass is 16.1. The van der Waals surface area contributed by atoms with Crippen molar-refractivity contribution in [2.45, 2.75) is 26.3 Å². The predicted molar refractivity (Wildman–Crippen MR) is 62.7 cm³/mol. The van der Waals surface area contributed by atoms with E-state index < -0.39 is 0 Å². The van der Waals surface area contributed by atoms with Crippen LogP contribution in [0.15, 0.2) is 6.07 Å². The number of carbonyl (C=O) groups is 1. The summed E-state index contributed by atoms with van der Waals surface area (Å²) in [5.74, 6) is 0.853. The van der Waals surface area contributed by atoms with Gasteiger partial charge in [-0.3, -0.25) is 14.8 Å². The summed E-state index contributed by atoms with van der Waals surface area (Å²) in [5, 5.41) is 9.98. The van der Waals surface area contributed by atoms with Crippen molar-refractivity contribution in [3.05, 3.63) is 11.8 Å². The van der Waals surface area contributed by atoms with Crippen LogP contribution in [0.2, 0.25) is 0 Å². The second-order valence-corrected chi connectivity index (χ2v) is 4.52. The van der Waals surface area contributed by atoms with Crippen LogP contribution in [0.25, 0.3) is 0 Å². The van der Waals surface area contributed by atoms with Crippen molar-refractivity contribution in [3.8, 4) is 0 Å². The summed E-state index contributed by atoms with van der Waals surface area (Å²) in [5.41, 5.74) is 0.593. The molecule has 0 spiro atoms. The lowest BCUT2D eigenvalue weighted by atomic mass is 10.2.